The molecule has 0 saturated carbocycles. The van der Waals surface area contributed by atoms with Crippen LogP contribution in [0, 0.1) is 11.3 Å². The van der Waals surface area contributed by atoms with E-state index in [2.05, 4.69) is 46.7 Å². The van der Waals surface area contributed by atoms with Gasteiger partial charge in [0.25, 0.3) is 0 Å². The molecule has 1 aliphatic heterocycles. The molecule has 2 heterocycles. The number of hydrogen-bond donors (Lipinski definition) is 1. The van der Waals surface area contributed by atoms with Crippen LogP contribution in [0.2, 0.25) is 0 Å². The maximum Gasteiger partial charge on any atom is 0.133 e. The second-order valence-electron chi connectivity index (χ2n) is 6.07. The van der Waals surface area contributed by atoms with Crippen molar-refractivity contribution in [3.05, 3.63) is 60.3 Å². The number of anilines is 2. The average Bonchev–Trinajstić information content (AvgIpc) is 2.92. The number of nitriles is 1. The molecule has 0 aliphatic carbocycles. The summed E-state index contributed by atoms with van der Waals surface area (Å²) in [4.78, 5) is 4.73. The molecule has 124 valence electrons. The third kappa shape index (κ3) is 3.29. The first-order valence-electron chi connectivity index (χ1n) is 8.24. The van der Waals surface area contributed by atoms with E-state index in [1.807, 2.05) is 10.6 Å². The van der Waals surface area contributed by atoms with Crippen molar-refractivity contribution in [3.8, 4) is 6.07 Å². The fraction of sp³-hybridized carbons (Fsp3) is 0.316. The van der Waals surface area contributed by atoms with Gasteiger partial charge in [-0.1, -0.05) is 36.4 Å². The van der Waals surface area contributed by atoms with Gasteiger partial charge < -0.3 is 15.2 Å². The molecule has 5 nitrogen and oxygen atoms in total. The van der Waals surface area contributed by atoms with Crippen LogP contribution >= 0.6 is 0 Å². The molecule has 2 aromatic rings. The number of aromatic nitrogens is 1. The number of allylic oxidation sites excluding steroid dienone is 1. The predicted molar refractivity (Wildman–Crippen MR) is 97.7 cm³/mol. The van der Waals surface area contributed by atoms with Gasteiger partial charge in [-0.25, -0.2) is 0 Å². The summed E-state index contributed by atoms with van der Waals surface area (Å²) < 4.78 is 1.95. The van der Waals surface area contributed by atoms with Gasteiger partial charge in [-0.2, -0.15) is 5.26 Å². The Kier molecular flexibility index (Phi) is 4.88. The summed E-state index contributed by atoms with van der Waals surface area (Å²) in [5.41, 5.74) is 8.78. The Hall–Kier alpha value is -2.71. The van der Waals surface area contributed by atoms with E-state index < -0.39 is 0 Å². The molecule has 1 fully saturated rings. The Labute approximate surface area is 143 Å². The molecule has 1 saturated heterocycles. The highest BCUT2D eigenvalue weighted by atomic mass is 15.3. The summed E-state index contributed by atoms with van der Waals surface area (Å²) in [6.07, 6.45) is 1.80. The van der Waals surface area contributed by atoms with Crippen LogP contribution in [-0.4, -0.2) is 35.6 Å². The molecule has 24 heavy (non-hydrogen) atoms. The highest BCUT2D eigenvalue weighted by Gasteiger charge is 2.23. The Balaban J connectivity index is 1.70. The molecule has 0 unspecified atom stereocenters. The molecule has 0 amide bonds. The number of nitrogens with zero attached hydrogens (tertiary/aromatic N) is 4. The molecule has 5 heteroatoms. The molecule has 3 rings (SSSR count). The number of hydrogen-bond acceptors (Lipinski definition) is 4. The zero-order chi connectivity index (χ0) is 16.9. The van der Waals surface area contributed by atoms with E-state index in [0.29, 0.717) is 17.9 Å². The standard InChI is InChI=1S/C19H23N5/c1-2-8-24-17(14-20)13-18(21)19(24)23-11-9-22(10-12-23)15-16-6-4-3-5-7-16/h2-7,13H,1,8-12,15,21H2. The zero-order valence-corrected chi connectivity index (χ0v) is 13.9. The van der Waals surface area contributed by atoms with E-state index in [-0.39, 0.29) is 0 Å². The summed E-state index contributed by atoms with van der Waals surface area (Å²) >= 11 is 0. The van der Waals surface area contributed by atoms with E-state index in [1.54, 1.807) is 12.1 Å². The first-order chi connectivity index (χ1) is 11.7. The van der Waals surface area contributed by atoms with Gasteiger partial charge >= 0.3 is 0 Å². The molecule has 1 aromatic carbocycles. The fourth-order valence-corrected chi connectivity index (χ4v) is 3.28. The third-order valence-corrected chi connectivity index (χ3v) is 4.44. The van der Waals surface area contributed by atoms with E-state index in [4.69, 9.17) is 5.73 Å². The van der Waals surface area contributed by atoms with Crippen molar-refractivity contribution in [1.29, 1.82) is 5.26 Å². The molecular weight excluding hydrogens is 298 g/mol. The smallest absolute Gasteiger partial charge is 0.133 e. The summed E-state index contributed by atoms with van der Waals surface area (Å²) in [5.74, 6) is 0.950. The minimum atomic E-state index is 0.592. The van der Waals surface area contributed by atoms with Crippen molar-refractivity contribution in [3.63, 3.8) is 0 Å². The average molecular weight is 321 g/mol. The molecule has 2 N–H and O–H groups in total. The van der Waals surface area contributed by atoms with Crippen molar-refractivity contribution in [2.45, 2.75) is 13.1 Å². The van der Waals surface area contributed by atoms with Crippen molar-refractivity contribution >= 4 is 11.5 Å². The number of nitrogen functional groups attached to an aromatic ring is 1. The Morgan fingerprint density at radius 1 is 1.17 bits per heavy atom. The third-order valence-electron chi connectivity index (χ3n) is 4.44. The van der Waals surface area contributed by atoms with Crippen LogP contribution in [0.15, 0.2) is 49.1 Å². The normalized spacial score (nSPS) is 15.2. The lowest BCUT2D eigenvalue weighted by Gasteiger charge is -2.36. The maximum atomic E-state index is 9.30. The van der Waals surface area contributed by atoms with Crippen molar-refractivity contribution < 1.29 is 0 Å². The van der Waals surface area contributed by atoms with Gasteiger partial charge in [-0.05, 0) is 11.6 Å². The van der Waals surface area contributed by atoms with E-state index in [1.165, 1.54) is 5.56 Å². The molecule has 0 bridgehead atoms. The van der Waals surface area contributed by atoms with Gasteiger partial charge in [-0.15, -0.1) is 6.58 Å². The largest absolute Gasteiger partial charge is 0.396 e. The van der Waals surface area contributed by atoms with Gasteiger partial charge in [0.05, 0.1) is 5.69 Å². The lowest BCUT2D eigenvalue weighted by Crippen LogP contribution is -2.46. The van der Waals surface area contributed by atoms with Crippen LogP contribution in [0.3, 0.4) is 0 Å². The Morgan fingerprint density at radius 2 is 1.88 bits per heavy atom. The van der Waals surface area contributed by atoms with Crippen LogP contribution in [-0.2, 0) is 13.1 Å². The molecule has 0 atom stereocenters. The van der Waals surface area contributed by atoms with Gasteiger partial charge in [0, 0.05) is 39.3 Å². The van der Waals surface area contributed by atoms with Crippen molar-refractivity contribution in [2.24, 2.45) is 0 Å². The predicted octanol–water partition coefficient (Wildman–Crippen LogP) is 2.45. The minimum Gasteiger partial charge on any atom is -0.396 e. The monoisotopic (exact) mass is 321 g/mol. The molecule has 0 radical (unpaired) electrons. The van der Waals surface area contributed by atoms with Crippen LogP contribution in [0.5, 0.6) is 0 Å². The second kappa shape index (κ2) is 7.24. The van der Waals surface area contributed by atoms with Gasteiger partial charge in [0.1, 0.15) is 17.6 Å². The lowest BCUT2D eigenvalue weighted by molar-refractivity contribution is 0.249. The van der Waals surface area contributed by atoms with E-state index in [0.717, 1.165) is 38.5 Å². The van der Waals surface area contributed by atoms with Gasteiger partial charge in [0.2, 0.25) is 0 Å². The summed E-state index contributed by atoms with van der Waals surface area (Å²) in [7, 11) is 0. The summed E-state index contributed by atoms with van der Waals surface area (Å²) in [5, 5.41) is 9.30. The second-order valence-corrected chi connectivity index (χ2v) is 6.07. The van der Waals surface area contributed by atoms with Gasteiger partial charge in [0.15, 0.2) is 0 Å². The number of benzene rings is 1. The highest BCUT2D eigenvalue weighted by Crippen LogP contribution is 2.29. The zero-order valence-electron chi connectivity index (χ0n) is 13.9. The molecule has 1 aliphatic rings. The van der Waals surface area contributed by atoms with Gasteiger partial charge in [-0.3, -0.25) is 4.90 Å². The highest BCUT2D eigenvalue weighted by molar-refractivity contribution is 5.68. The minimum absolute atomic E-state index is 0.592. The Bertz CT molecular complexity index is 733. The first kappa shape index (κ1) is 16.2. The number of nitrogens with two attached hydrogens (primary N) is 1. The first-order valence-corrected chi connectivity index (χ1v) is 8.24. The van der Waals surface area contributed by atoms with Crippen LogP contribution in [0.1, 0.15) is 11.3 Å². The van der Waals surface area contributed by atoms with E-state index in [9.17, 15) is 5.26 Å². The fourth-order valence-electron chi connectivity index (χ4n) is 3.28. The van der Waals surface area contributed by atoms with E-state index >= 15 is 0 Å². The van der Waals surface area contributed by atoms with Crippen LogP contribution < -0.4 is 10.6 Å². The SMILES string of the molecule is C=CCn1c(C#N)cc(N)c1N1CCN(Cc2ccccc2)CC1. The summed E-state index contributed by atoms with van der Waals surface area (Å²) in [6, 6.07) is 14.5. The Morgan fingerprint density at radius 3 is 2.50 bits per heavy atom. The summed E-state index contributed by atoms with van der Waals surface area (Å²) in [6.45, 7) is 9.13. The maximum absolute atomic E-state index is 9.30. The van der Waals surface area contributed by atoms with Crippen LogP contribution in [0.4, 0.5) is 11.5 Å². The lowest BCUT2D eigenvalue weighted by atomic mass is 10.2. The molecule has 1 aromatic heterocycles. The van der Waals surface area contributed by atoms with Crippen molar-refractivity contribution in [2.75, 3.05) is 36.8 Å². The quantitative estimate of drug-likeness (QED) is 0.859. The molecule has 0 spiro atoms. The number of rotatable bonds is 5. The van der Waals surface area contributed by atoms with Crippen LogP contribution in [0.25, 0.3) is 0 Å². The van der Waals surface area contributed by atoms with Crippen molar-refractivity contribution in [1.82, 2.24) is 9.47 Å². The molecular formula is C19H23N5. The number of piperazine rings is 1. The topological polar surface area (TPSA) is 61.2 Å².